The highest BCUT2D eigenvalue weighted by Crippen LogP contribution is 2.62. The zero-order valence-electron chi connectivity index (χ0n) is 26.4. The van der Waals surface area contributed by atoms with Crippen LogP contribution in [0.25, 0.3) is 11.0 Å². The predicted molar refractivity (Wildman–Crippen MR) is 131 cm³/mol. The van der Waals surface area contributed by atoms with Gasteiger partial charge < -0.3 is 19.0 Å². The van der Waals surface area contributed by atoms with Crippen molar-refractivity contribution in [1.29, 1.82) is 0 Å². The number of fused-ring (bicyclic) bond motifs is 1. The van der Waals surface area contributed by atoms with E-state index in [1.54, 1.807) is 0 Å². The van der Waals surface area contributed by atoms with Gasteiger partial charge in [-0.3, -0.25) is 0 Å². The fourth-order valence-corrected chi connectivity index (χ4v) is 4.03. The van der Waals surface area contributed by atoms with Gasteiger partial charge in [0.2, 0.25) is 5.75 Å². The molecule has 1 N–H and O–H groups in total. The second-order valence-corrected chi connectivity index (χ2v) is 11.3. The van der Waals surface area contributed by atoms with Crippen molar-refractivity contribution in [2.75, 3.05) is 13.2 Å². The quantitative estimate of drug-likeness (QED) is 0.126. The minimum atomic E-state index is -8.36. The first-order valence-electron chi connectivity index (χ1n) is 13.9. The second-order valence-electron chi connectivity index (χ2n) is 11.3. The SMILES string of the molecule is O=C(O)c1cc2ccc(OCCC(F)(F)C(F)(F)C(F)(F)C(F)(F)C(F)(F)C(F)(F)F)c(OCCC(F)(F)C(F)(F)C(F)(F)C(F)(F)C(F)(F)C(F)(F)F)c2oc1=O. The third kappa shape index (κ3) is 7.54. The summed E-state index contributed by atoms with van der Waals surface area (Å²) < 4.78 is 361. The van der Waals surface area contributed by atoms with E-state index in [-0.39, 0.29) is 12.1 Å². The molecule has 0 amide bonds. The van der Waals surface area contributed by atoms with Crippen LogP contribution in [0.5, 0.6) is 11.5 Å². The molecule has 334 valence electrons. The van der Waals surface area contributed by atoms with Gasteiger partial charge in [0.25, 0.3) is 0 Å². The Morgan fingerprint density at radius 1 is 0.517 bits per heavy atom. The van der Waals surface area contributed by atoms with Crippen molar-refractivity contribution in [2.45, 2.75) is 84.4 Å². The van der Waals surface area contributed by atoms with Crippen molar-refractivity contribution in [3.8, 4) is 11.5 Å². The van der Waals surface area contributed by atoms with Crippen LogP contribution in [0.3, 0.4) is 0 Å². The average Bonchev–Trinajstić information content (AvgIpc) is 3.03. The van der Waals surface area contributed by atoms with Crippen LogP contribution in [0, 0.1) is 0 Å². The number of carboxylic acid groups (broad SMARTS) is 1. The van der Waals surface area contributed by atoms with E-state index in [9.17, 15) is 124 Å². The van der Waals surface area contributed by atoms with Crippen LogP contribution in [-0.2, 0) is 0 Å². The van der Waals surface area contributed by atoms with Gasteiger partial charge in [-0.2, -0.15) is 114 Å². The van der Waals surface area contributed by atoms with Gasteiger partial charge in [-0.1, -0.05) is 0 Å². The Bertz CT molecular complexity index is 1890. The average molecular weight is 914 g/mol. The molecule has 58 heavy (non-hydrogen) atoms. The molecule has 0 aliphatic carbocycles. The molecule has 0 radical (unpaired) electrons. The zero-order chi connectivity index (χ0) is 46.1. The number of hydrogen-bond acceptors (Lipinski definition) is 5. The van der Waals surface area contributed by atoms with Gasteiger partial charge in [0.15, 0.2) is 11.3 Å². The molecule has 32 heteroatoms. The fourth-order valence-electron chi connectivity index (χ4n) is 4.03. The summed E-state index contributed by atoms with van der Waals surface area (Å²) in [6, 6.07) is 0.771. The lowest BCUT2D eigenvalue weighted by Crippen LogP contribution is -2.70. The van der Waals surface area contributed by atoms with E-state index < -0.39 is 137 Å². The summed E-state index contributed by atoms with van der Waals surface area (Å²) in [4.78, 5) is 23.2. The Kier molecular flexibility index (Phi) is 12.4. The summed E-state index contributed by atoms with van der Waals surface area (Å²) in [5, 5.41) is 8.11. The van der Waals surface area contributed by atoms with E-state index in [0.29, 0.717) is 6.07 Å². The summed E-state index contributed by atoms with van der Waals surface area (Å²) in [7, 11) is 0. The van der Waals surface area contributed by atoms with E-state index in [1.807, 2.05) is 0 Å². The minimum absolute atomic E-state index is 0.146. The first-order valence-corrected chi connectivity index (χ1v) is 13.9. The van der Waals surface area contributed by atoms with Crippen LogP contribution in [0.4, 0.5) is 114 Å². The zero-order valence-corrected chi connectivity index (χ0v) is 26.4. The maximum Gasteiger partial charge on any atom is 0.460 e. The molecular formula is C26H12F26O6. The summed E-state index contributed by atoms with van der Waals surface area (Å²) in [5.41, 5.74) is -4.88. The lowest BCUT2D eigenvalue weighted by atomic mass is 9.93. The standard InChI is InChI=1S/C26H12F26O6/c27-15(28,17(31,32)19(35,36)21(39,40)23(43,44)25(47,48)49)3-5-56-10-2-1-8-7-9(13(53)54)14(55)58-11(8)12(10)57-6-4-16(29,30)18(33,34)20(37,38)22(41,42)24(45,46)26(50,51)52/h1-2,7H,3-6H2,(H,53,54). The van der Waals surface area contributed by atoms with E-state index in [2.05, 4.69) is 13.9 Å². The Morgan fingerprint density at radius 3 is 1.21 bits per heavy atom. The number of carbonyl (C=O) groups is 1. The van der Waals surface area contributed by atoms with Crippen molar-refractivity contribution >= 4 is 16.9 Å². The van der Waals surface area contributed by atoms with Gasteiger partial charge in [-0.15, -0.1) is 0 Å². The fraction of sp³-hybridized carbons (Fsp3) is 0.615. The van der Waals surface area contributed by atoms with Crippen molar-refractivity contribution in [2.24, 2.45) is 0 Å². The highest BCUT2D eigenvalue weighted by molar-refractivity contribution is 5.93. The van der Waals surface area contributed by atoms with Crippen LogP contribution >= 0.6 is 0 Å². The number of halogens is 26. The number of benzene rings is 1. The molecule has 2 rings (SSSR count). The number of alkyl halides is 26. The van der Waals surface area contributed by atoms with Crippen molar-refractivity contribution in [3.63, 3.8) is 0 Å². The molecule has 0 bridgehead atoms. The van der Waals surface area contributed by atoms with E-state index in [1.165, 1.54) is 0 Å². The molecule has 0 unspecified atom stereocenters. The van der Waals surface area contributed by atoms with Gasteiger partial charge in [-0.25, -0.2) is 9.59 Å². The Labute approximate surface area is 299 Å². The largest absolute Gasteiger partial charge is 0.489 e. The van der Waals surface area contributed by atoms with Crippen LogP contribution < -0.4 is 15.1 Å². The monoisotopic (exact) mass is 914 g/mol. The third-order valence-corrected chi connectivity index (χ3v) is 7.38. The molecule has 1 heterocycles. The number of carboxylic acids is 1. The Hall–Kier alpha value is -4.32. The van der Waals surface area contributed by atoms with Gasteiger partial charge in [-0.05, 0) is 18.2 Å². The topological polar surface area (TPSA) is 86.0 Å². The molecule has 1 aromatic carbocycles. The first kappa shape index (κ1) is 49.8. The van der Waals surface area contributed by atoms with Gasteiger partial charge in [0.1, 0.15) is 5.56 Å². The van der Waals surface area contributed by atoms with Crippen LogP contribution in [0.2, 0.25) is 0 Å². The van der Waals surface area contributed by atoms with Crippen LogP contribution in [0.15, 0.2) is 27.4 Å². The molecule has 2 aromatic rings. The highest BCUT2D eigenvalue weighted by atomic mass is 19.4. The van der Waals surface area contributed by atoms with Crippen LogP contribution in [-0.4, -0.2) is 95.9 Å². The summed E-state index contributed by atoms with van der Waals surface area (Å²) in [6.45, 7) is -4.90. The van der Waals surface area contributed by atoms with Gasteiger partial charge in [0.05, 0.1) is 26.1 Å². The molecule has 0 spiro atoms. The molecular weight excluding hydrogens is 902 g/mol. The number of ether oxygens (including phenoxy) is 2. The van der Waals surface area contributed by atoms with Crippen molar-refractivity contribution in [1.82, 2.24) is 0 Å². The predicted octanol–water partition coefficient (Wildman–Crippen LogP) is 10.5. The Balaban J connectivity index is 2.56. The molecule has 0 saturated carbocycles. The lowest BCUT2D eigenvalue weighted by molar-refractivity contribution is -0.440. The molecule has 6 nitrogen and oxygen atoms in total. The summed E-state index contributed by atoms with van der Waals surface area (Å²) in [6.07, 6.45) is -21.9. The van der Waals surface area contributed by atoms with E-state index in [4.69, 9.17) is 5.11 Å². The second kappa shape index (κ2) is 14.4. The smallest absolute Gasteiger partial charge is 0.460 e. The normalized spacial score (nSPS) is 15.2. The molecule has 0 saturated heterocycles. The highest BCUT2D eigenvalue weighted by Gasteiger charge is 2.92. The van der Waals surface area contributed by atoms with Gasteiger partial charge in [0, 0.05) is 5.39 Å². The number of rotatable bonds is 17. The van der Waals surface area contributed by atoms with E-state index >= 15 is 0 Å². The molecule has 1 aromatic heterocycles. The molecule has 0 aliphatic heterocycles. The molecule has 0 atom stereocenters. The van der Waals surface area contributed by atoms with E-state index in [0.717, 1.165) is 0 Å². The minimum Gasteiger partial charge on any atom is -0.489 e. The van der Waals surface area contributed by atoms with Crippen molar-refractivity contribution < 1.29 is 138 Å². The summed E-state index contributed by atoms with van der Waals surface area (Å²) in [5.74, 6) is -84.6. The van der Waals surface area contributed by atoms with Gasteiger partial charge >= 0.3 is 83.2 Å². The Morgan fingerprint density at radius 2 is 0.862 bits per heavy atom. The first-order chi connectivity index (χ1) is 25.4. The summed E-state index contributed by atoms with van der Waals surface area (Å²) >= 11 is 0. The van der Waals surface area contributed by atoms with Crippen molar-refractivity contribution in [3.05, 3.63) is 34.2 Å². The molecule has 0 fully saturated rings. The third-order valence-electron chi connectivity index (χ3n) is 7.38. The maximum atomic E-state index is 14.3. The van der Waals surface area contributed by atoms with Crippen LogP contribution in [0.1, 0.15) is 23.2 Å². The maximum absolute atomic E-state index is 14.3. The number of hydrogen-bond donors (Lipinski definition) is 1. The number of aromatic carboxylic acids is 1. The molecule has 0 aliphatic rings. The lowest BCUT2D eigenvalue weighted by Gasteiger charge is -2.39.